The Kier molecular flexibility index (Phi) is 5.28. The highest BCUT2D eigenvalue weighted by Crippen LogP contribution is 2.27. The largest absolute Gasteiger partial charge is 0.309 e. The highest BCUT2D eigenvalue weighted by molar-refractivity contribution is 7.86. The number of hydrogen-bond donors (Lipinski definition) is 2. The first kappa shape index (κ1) is 17.4. The minimum Gasteiger partial charge on any atom is -0.309 e. The van der Waals surface area contributed by atoms with Crippen LogP contribution in [0.4, 0.5) is 0 Å². The summed E-state index contributed by atoms with van der Waals surface area (Å²) in [6.07, 6.45) is 0. The van der Waals surface area contributed by atoms with Crippen LogP contribution in [0.25, 0.3) is 11.1 Å². The van der Waals surface area contributed by atoms with Gasteiger partial charge in [-0.1, -0.05) is 72.8 Å². The van der Waals surface area contributed by atoms with Gasteiger partial charge in [-0.3, -0.25) is 4.55 Å². The van der Waals surface area contributed by atoms with Gasteiger partial charge in [-0.15, -0.1) is 0 Å². The number of benzene rings is 3. The summed E-state index contributed by atoms with van der Waals surface area (Å²) in [5.41, 5.74) is 3.57. The van der Waals surface area contributed by atoms with E-state index in [1.54, 1.807) is 18.2 Å². The average molecular weight is 353 g/mol. The first-order chi connectivity index (χ1) is 12.0. The molecular weight excluding hydrogens is 334 g/mol. The minimum absolute atomic E-state index is 0.0787. The Labute approximate surface area is 147 Å². The summed E-state index contributed by atoms with van der Waals surface area (Å²) in [7, 11) is -4.25. The third-order valence-corrected chi connectivity index (χ3v) is 4.84. The maximum atomic E-state index is 11.5. The second kappa shape index (κ2) is 7.61. The Morgan fingerprint density at radius 2 is 1.28 bits per heavy atom. The molecule has 25 heavy (non-hydrogen) atoms. The molecule has 0 unspecified atom stereocenters. The van der Waals surface area contributed by atoms with Crippen molar-refractivity contribution in [2.24, 2.45) is 0 Å². The predicted octanol–water partition coefficient (Wildman–Crippen LogP) is 3.89. The zero-order chi connectivity index (χ0) is 17.7. The first-order valence-electron chi connectivity index (χ1n) is 7.94. The summed E-state index contributed by atoms with van der Waals surface area (Å²) in [6, 6.07) is 24.2. The average Bonchev–Trinajstić information content (AvgIpc) is 2.63. The van der Waals surface area contributed by atoms with E-state index in [-0.39, 0.29) is 4.90 Å². The van der Waals surface area contributed by atoms with Crippen molar-refractivity contribution in [3.8, 4) is 11.1 Å². The topological polar surface area (TPSA) is 66.4 Å². The van der Waals surface area contributed by atoms with Crippen LogP contribution in [0.5, 0.6) is 0 Å². The van der Waals surface area contributed by atoms with Crippen LogP contribution in [-0.4, -0.2) is 13.0 Å². The van der Waals surface area contributed by atoms with Gasteiger partial charge in [-0.25, -0.2) is 0 Å². The van der Waals surface area contributed by atoms with E-state index in [1.165, 1.54) is 11.6 Å². The summed E-state index contributed by atoms with van der Waals surface area (Å²) in [6.45, 7) is 1.50. The second-order valence-corrected chi connectivity index (χ2v) is 7.15. The van der Waals surface area contributed by atoms with Crippen LogP contribution in [0.2, 0.25) is 0 Å². The van der Waals surface area contributed by atoms with E-state index in [0.29, 0.717) is 5.56 Å². The van der Waals surface area contributed by atoms with Crippen molar-refractivity contribution in [3.05, 3.63) is 90.0 Å². The lowest BCUT2D eigenvalue weighted by Gasteiger charge is -2.09. The molecule has 0 bridgehead atoms. The normalized spacial score (nSPS) is 11.4. The summed E-state index contributed by atoms with van der Waals surface area (Å²) < 4.78 is 32.4. The molecule has 0 aromatic heterocycles. The second-order valence-electron chi connectivity index (χ2n) is 5.76. The van der Waals surface area contributed by atoms with E-state index < -0.39 is 10.1 Å². The fourth-order valence-corrected chi connectivity index (χ4v) is 3.39. The molecule has 0 radical (unpaired) electrons. The summed E-state index contributed by atoms with van der Waals surface area (Å²) in [4.78, 5) is -0.0787. The number of rotatable bonds is 6. The lowest BCUT2D eigenvalue weighted by atomic mass is 10.0. The third-order valence-electron chi connectivity index (χ3n) is 3.93. The minimum atomic E-state index is -4.25. The molecule has 0 fully saturated rings. The van der Waals surface area contributed by atoms with Gasteiger partial charge < -0.3 is 5.32 Å². The van der Waals surface area contributed by atoms with Crippen LogP contribution in [-0.2, 0) is 23.2 Å². The lowest BCUT2D eigenvalue weighted by Crippen LogP contribution is -2.12. The summed E-state index contributed by atoms with van der Waals surface area (Å²) in [5.74, 6) is 0. The van der Waals surface area contributed by atoms with E-state index in [1.807, 2.05) is 42.5 Å². The van der Waals surface area contributed by atoms with Gasteiger partial charge in [0.2, 0.25) is 0 Å². The van der Waals surface area contributed by atoms with Gasteiger partial charge in [0.25, 0.3) is 10.1 Å². The Bertz CT molecular complexity index is 936. The molecule has 0 aliphatic rings. The highest BCUT2D eigenvalue weighted by Gasteiger charge is 2.15. The Morgan fingerprint density at radius 1 is 0.720 bits per heavy atom. The molecule has 0 aliphatic carbocycles. The zero-order valence-electron chi connectivity index (χ0n) is 13.6. The van der Waals surface area contributed by atoms with Crippen molar-refractivity contribution in [2.75, 3.05) is 0 Å². The maximum absolute atomic E-state index is 11.5. The molecule has 4 nitrogen and oxygen atoms in total. The van der Waals surface area contributed by atoms with Crippen LogP contribution in [0.1, 0.15) is 11.1 Å². The Morgan fingerprint density at radius 3 is 1.92 bits per heavy atom. The quantitative estimate of drug-likeness (QED) is 0.660. The molecule has 3 aromatic rings. The van der Waals surface area contributed by atoms with Crippen molar-refractivity contribution >= 4 is 10.1 Å². The third kappa shape index (κ3) is 4.54. The van der Waals surface area contributed by atoms with Crippen LogP contribution in [0.3, 0.4) is 0 Å². The fraction of sp³-hybridized carbons (Fsp3) is 0.100. The van der Waals surface area contributed by atoms with Gasteiger partial charge in [0.05, 0.1) is 0 Å². The molecule has 0 spiro atoms. The molecule has 0 heterocycles. The van der Waals surface area contributed by atoms with Crippen molar-refractivity contribution in [1.82, 2.24) is 5.32 Å². The molecule has 3 rings (SSSR count). The molecule has 2 N–H and O–H groups in total. The van der Waals surface area contributed by atoms with Crippen LogP contribution in [0, 0.1) is 0 Å². The van der Waals surface area contributed by atoms with Crippen LogP contribution in [0.15, 0.2) is 83.8 Å². The Hall–Kier alpha value is -2.47. The summed E-state index contributed by atoms with van der Waals surface area (Å²) >= 11 is 0. The van der Waals surface area contributed by atoms with E-state index >= 15 is 0 Å². The smallest absolute Gasteiger partial charge is 0.295 e. The predicted molar refractivity (Wildman–Crippen MR) is 98.7 cm³/mol. The standard InChI is InChI=1S/C20H19NO3S/c22-25(23,24)20-9-5-4-8-19(20)18-12-10-17(11-13-18)15-21-14-16-6-2-1-3-7-16/h1-13,21H,14-15H2,(H,22,23,24). The molecular formula is C20H19NO3S. The highest BCUT2D eigenvalue weighted by atomic mass is 32.2. The molecule has 0 aliphatic heterocycles. The van der Waals surface area contributed by atoms with E-state index in [9.17, 15) is 13.0 Å². The van der Waals surface area contributed by atoms with Gasteiger partial charge in [0, 0.05) is 18.7 Å². The van der Waals surface area contributed by atoms with Crippen molar-refractivity contribution < 1.29 is 13.0 Å². The number of nitrogens with one attached hydrogen (secondary N) is 1. The SMILES string of the molecule is O=S(=O)(O)c1ccccc1-c1ccc(CNCc2ccccc2)cc1. The van der Waals surface area contributed by atoms with Gasteiger partial charge >= 0.3 is 0 Å². The molecule has 3 aromatic carbocycles. The summed E-state index contributed by atoms with van der Waals surface area (Å²) in [5, 5.41) is 3.38. The van der Waals surface area contributed by atoms with Crippen LogP contribution >= 0.6 is 0 Å². The molecule has 0 saturated carbocycles. The zero-order valence-corrected chi connectivity index (χ0v) is 14.4. The van der Waals surface area contributed by atoms with Crippen LogP contribution < -0.4 is 5.32 Å². The monoisotopic (exact) mass is 353 g/mol. The van der Waals surface area contributed by atoms with Gasteiger partial charge in [-0.05, 0) is 22.8 Å². The molecule has 0 amide bonds. The maximum Gasteiger partial charge on any atom is 0.295 e. The van der Waals surface area contributed by atoms with E-state index in [2.05, 4.69) is 17.4 Å². The van der Waals surface area contributed by atoms with Gasteiger partial charge in [0.1, 0.15) is 4.90 Å². The van der Waals surface area contributed by atoms with E-state index in [4.69, 9.17) is 0 Å². The molecule has 5 heteroatoms. The Balaban J connectivity index is 1.71. The van der Waals surface area contributed by atoms with E-state index in [0.717, 1.165) is 24.2 Å². The van der Waals surface area contributed by atoms with Crippen molar-refractivity contribution in [3.63, 3.8) is 0 Å². The van der Waals surface area contributed by atoms with Gasteiger partial charge in [0.15, 0.2) is 0 Å². The van der Waals surface area contributed by atoms with Crippen molar-refractivity contribution in [2.45, 2.75) is 18.0 Å². The molecule has 0 saturated heterocycles. The first-order valence-corrected chi connectivity index (χ1v) is 9.38. The van der Waals surface area contributed by atoms with Gasteiger partial charge in [-0.2, -0.15) is 8.42 Å². The van der Waals surface area contributed by atoms with Crippen molar-refractivity contribution in [1.29, 1.82) is 0 Å². The lowest BCUT2D eigenvalue weighted by molar-refractivity contribution is 0.483. The fourth-order valence-electron chi connectivity index (χ4n) is 2.68. The molecule has 0 atom stereocenters. The number of hydrogen-bond acceptors (Lipinski definition) is 3. The molecule has 128 valence electrons.